The topological polar surface area (TPSA) is 12.5 Å². The van der Waals surface area contributed by atoms with E-state index in [2.05, 4.69) is 24.8 Å². The molecule has 0 N–H and O–H groups in total. The molecule has 0 aromatic heterocycles. The highest BCUT2D eigenvalue weighted by Gasteiger charge is 2.24. The lowest BCUT2D eigenvalue weighted by Crippen LogP contribution is -2.32. The summed E-state index contributed by atoms with van der Waals surface area (Å²) in [7, 11) is 0. The molecule has 4 rings (SSSR count). The van der Waals surface area contributed by atoms with Gasteiger partial charge in [0.1, 0.15) is 5.75 Å². The number of alkyl halides is 2. The quantitative estimate of drug-likeness (QED) is 0.536. The molecule has 4 heteroatoms. The van der Waals surface area contributed by atoms with E-state index in [9.17, 15) is 8.78 Å². The van der Waals surface area contributed by atoms with Crippen molar-refractivity contribution in [2.45, 2.75) is 71.4 Å². The summed E-state index contributed by atoms with van der Waals surface area (Å²) in [5.74, 6) is 1.88. The van der Waals surface area contributed by atoms with Gasteiger partial charge in [-0.15, -0.1) is 0 Å². The van der Waals surface area contributed by atoms with E-state index in [1.165, 1.54) is 18.4 Å². The first-order valence-corrected chi connectivity index (χ1v) is 11.2. The number of nitrogens with zero attached hydrogens (tertiary/aromatic N) is 1. The molecule has 2 nitrogen and oxygen atoms in total. The predicted octanol–water partition coefficient (Wildman–Crippen LogP) is 6.97. The fraction of sp³-hybridized carbons (Fsp3) is 0.600. The highest BCUT2D eigenvalue weighted by atomic mass is 19.3. The van der Waals surface area contributed by atoms with Crippen molar-refractivity contribution in [2.75, 3.05) is 13.1 Å². The Morgan fingerprint density at radius 2 is 1.62 bits per heavy atom. The van der Waals surface area contributed by atoms with Crippen LogP contribution >= 0.6 is 0 Å². The summed E-state index contributed by atoms with van der Waals surface area (Å²) in [6.07, 6.45) is 4.13. The maximum absolute atomic E-state index is 14.0. The number of likely N-dealkylation sites (tertiary alicyclic amines) is 1. The molecule has 1 saturated heterocycles. The summed E-state index contributed by atoms with van der Waals surface area (Å²) in [5, 5.41) is 1.51. The predicted molar refractivity (Wildman–Crippen MR) is 115 cm³/mol. The lowest BCUT2D eigenvalue weighted by molar-refractivity contribution is 0.116. The van der Waals surface area contributed by atoms with E-state index in [-0.39, 0.29) is 11.7 Å². The van der Waals surface area contributed by atoms with Crippen LogP contribution in [-0.4, -0.2) is 24.1 Å². The van der Waals surface area contributed by atoms with Crippen LogP contribution in [0.4, 0.5) is 8.78 Å². The summed E-state index contributed by atoms with van der Waals surface area (Å²) in [4.78, 5) is 2.47. The van der Waals surface area contributed by atoms with Crippen molar-refractivity contribution in [2.24, 2.45) is 11.8 Å². The Kier molecular flexibility index (Phi) is 6.38. The van der Waals surface area contributed by atoms with Gasteiger partial charge >= 0.3 is 0 Å². The third-order valence-corrected chi connectivity index (χ3v) is 6.84. The van der Waals surface area contributed by atoms with Gasteiger partial charge in [-0.3, -0.25) is 4.90 Å². The number of ether oxygens (including phenoxy) is 1. The molecule has 29 heavy (non-hydrogen) atoms. The maximum atomic E-state index is 14.0. The molecule has 2 fully saturated rings. The number of fused-ring (bicyclic) bond motifs is 1. The molecule has 158 valence electrons. The van der Waals surface area contributed by atoms with Crippen LogP contribution in [0, 0.1) is 11.8 Å². The zero-order valence-corrected chi connectivity index (χ0v) is 17.7. The smallest absolute Gasteiger partial charge is 0.268 e. The largest absolute Gasteiger partial charge is 0.490 e. The zero-order valence-electron chi connectivity index (χ0n) is 17.7. The van der Waals surface area contributed by atoms with Crippen LogP contribution in [-0.2, 0) is 6.54 Å². The first kappa shape index (κ1) is 20.6. The van der Waals surface area contributed by atoms with Crippen molar-refractivity contribution >= 4 is 10.8 Å². The molecular weight excluding hydrogens is 368 g/mol. The summed E-state index contributed by atoms with van der Waals surface area (Å²) in [6.45, 7) is 7.69. The maximum Gasteiger partial charge on any atom is 0.268 e. The Morgan fingerprint density at radius 1 is 0.931 bits per heavy atom. The molecule has 1 saturated carbocycles. The van der Waals surface area contributed by atoms with Crippen molar-refractivity contribution in [3.8, 4) is 5.75 Å². The van der Waals surface area contributed by atoms with Crippen LogP contribution in [0.1, 0.15) is 69.9 Å². The van der Waals surface area contributed by atoms with Gasteiger partial charge in [0, 0.05) is 6.54 Å². The Bertz CT molecular complexity index is 821. The van der Waals surface area contributed by atoms with Crippen molar-refractivity contribution in [1.82, 2.24) is 4.90 Å². The van der Waals surface area contributed by atoms with Crippen LogP contribution in [0.3, 0.4) is 0 Å². The zero-order chi connectivity index (χ0) is 20.4. The van der Waals surface area contributed by atoms with Gasteiger partial charge in [0.05, 0.1) is 11.7 Å². The van der Waals surface area contributed by atoms with Gasteiger partial charge in [0.25, 0.3) is 6.43 Å². The van der Waals surface area contributed by atoms with E-state index in [1.807, 2.05) is 18.2 Å². The molecule has 0 bridgehead atoms. The van der Waals surface area contributed by atoms with Crippen molar-refractivity contribution in [3.05, 3.63) is 41.5 Å². The number of piperidine rings is 1. The van der Waals surface area contributed by atoms with E-state index in [4.69, 9.17) is 4.74 Å². The van der Waals surface area contributed by atoms with Crippen molar-refractivity contribution in [1.29, 1.82) is 0 Å². The average Bonchev–Trinajstić information content (AvgIpc) is 2.71. The van der Waals surface area contributed by atoms with Gasteiger partial charge in [0.2, 0.25) is 0 Å². The third-order valence-electron chi connectivity index (χ3n) is 6.84. The summed E-state index contributed by atoms with van der Waals surface area (Å²) in [5.41, 5.74) is 1.25. The third kappa shape index (κ3) is 4.91. The van der Waals surface area contributed by atoms with E-state index in [0.29, 0.717) is 17.1 Å². The first-order chi connectivity index (χ1) is 14.0. The lowest BCUT2D eigenvalue weighted by Gasteiger charge is -2.30. The Hall–Kier alpha value is -1.68. The van der Waals surface area contributed by atoms with E-state index in [0.717, 1.165) is 56.6 Å². The van der Waals surface area contributed by atoms with Gasteiger partial charge in [-0.2, -0.15) is 0 Å². The summed E-state index contributed by atoms with van der Waals surface area (Å²) >= 11 is 0. The number of benzene rings is 2. The number of halogens is 2. The van der Waals surface area contributed by atoms with Crippen LogP contribution < -0.4 is 4.74 Å². The van der Waals surface area contributed by atoms with Gasteiger partial charge in [0.15, 0.2) is 0 Å². The standard InChI is InChI=1S/C25H33F2NO/c1-17-3-7-21(8-4-17)29-23-10-6-20-15-19(5-9-22(20)24(23)25(26)27)16-28-13-11-18(2)12-14-28/h5-6,9-10,15,17-18,21,25H,3-4,7-8,11-14,16H2,1-2H3. The van der Waals surface area contributed by atoms with Gasteiger partial charge in [-0.05, 0) is 91.9 Å². The molecular formula is C25H33F2NO. The Balaban J connectivity index is 1.55. The Morgan fingerprint density at radius 3 is 2.31 bits per heavy atom. The first-order valence-electron chi connectivity index (χ1n) is 11.2. The average molecular weight is 402 g/mol. The second kappa shape index (κ2) is 8.99. The minimum Gasteiger partial charge on any atom is -0.490 e. The van der Waals surface area contributed by atoms with Gasteiger partial charge < -0.3 is 4.74 Å². The minimum absolute atomic E-state index is 0.0551. The van der Waals surface area contributed by atoms with E-state index >= 15 is 0 Å². The van der Waals surface area contributed by atoms with Crippen LogP contribution in [0.25, 0.3) is 10.8 Å². The lowest BCUT2D eigenvalue weighted by atomic mass is 9.89. The molecule has 2 aliphatic rings. The molecule has 2 aromatic rings. The molecule has 1 heterocycles. The second-order valence-electron chi connectivity index (χ2n) is 9.29. The van der Waals surface area contributed by atoms with Crippen LogP contribution in [0.5, 0.6) is 5.75 Å². The van der Waals surface area contributed by atoms with Crippen molar-refractivity contribution < 1.29 is 13.5 Å². The second-order valence-corrected chi connectivity index (χ2v) is 9.29. The highest BCUT2D eigenvalue weighted by molar-refractivity contribution is 5.88. The normalized spacial score (nSPS) is 24.3. The molecule has 1 aliphatic carbocycles. The SMILES string of the molecule is CC1CCC(Oc2ccc3cc(CN4CCC(C)CC4)ccc3c2C(F)F)CC1. The molecule has 1 aliphatic heterocycles. The van der Waals surface area contributed by atoms with E-state index in [1.54, 1.807) is 6.07 Å². The van der Waals surface area contributed by atoms with Crippen LogP contribution in [0.2, 0.25) is 0 Å². The monoisotopic (exact) mass is 401 g/mol. The Labute approximate surface area is 173 Å². The van der Waals surface area contributed by atoms with Crippen molar-refractivity contribution in [3.63, 3.8) is 0 Å². The van der Waals surface area contributed by atoms with Crippen LogP contribution in [0.15, 0.2) is 30.3 Å². The minimum atomic E-state index is -2.54. The number of hydrogen-bond acceptors (Lipinski definition) is 2. The molecule has 0 unspecified atom stereocenters. The molecule has 2 aromatic carbocycles. The molecule has 0 spiro atoms. The molecule has 0 radical (unpaired) electrons. The number of rotatable bonds is 5. The molecule has 0 atom stereocenters. The molecule has 0 amide bonds. The highest BCUT2D eigenvalue weighted by Crippen LogP contribution is 2.38. The van der Waals surface area contributed by atoms with Gasteiger partial charge in [-0.25, -0.2) is 8.78 Å². The summed E-state index contributed by atoms with van der Waals surface area (Å²) < 4.78 is 34.1. The number of hydrogen-bond donors (Lipinski definition) is 0. The van der Waals surface area contributed by atoms with Gasteiger partial charge in [-0.1, -0.05) is 32.0 Å². The summed E-state index contributed by atoms with van der Waals surface area (Å²) in [6, 6.07) is 9.66. The van der Waals surface area contributed by atoms with E-state index < -0.39 is 6.43 Å². The fourth-order valence-corrected chi connectivity index (χ4v) is 4.81. The fourth-order valence-electron chi connectivity index (χ4n) is 4.81.